The predicted molar refractivity (Wildman–Crippen MR) is 133 cm³/mol. The molecular formula is C24H33NO5S2. The Morgan fingerprint density at radius 3 is 2.50 bits per heavy atom. The van der Waals surface area contributed by atoms with Crippen LogP contribution in [-0.4, -0.2) is 46.0 Å². The first-order valence-corrected chi connectivity index (χ1v) is 12.3. The minimum Gasteiger partial charge on any atom is -0.493 e. The minimum atomic E-state index is -1.06. The molecule has 0 spiro atoms. The van der Waals surface area contributed by atoms with Gasteiger partial charge in [0, 0.05) is 0 Å². The molecule has 32 heavy (non-hydrogen) atoms. The van der Waals surface area contributed by atoms with Crippen LogP contribution in [0.25, 0.3) is 6.08 Å². The van der Waals surface area contributed by atoms with Crippen molar-refractivity contribution in [3.63, 3.8) is 0 Å². The van der Waals surface area contributed by atoms with Gasteiger partial charge in [-0.3, -0.25) is 9.69 Å². The third-order valence-electron chi connectivity index (χ3n) is 5.23. The number of rotatable bonds is 13. The lowest BCUT2D eigenvalue weighted by molar-refractivity contribution is -0.146. The van der Waals surface area contributed by atoms with E-state index in [1.54, 1.807) is 33.1 Å². The van der Waals surface area contributed by atoms with Gasteiger partial charge in [0.25, 0.3) is 5.91 Å². The molecular weight excluding hydrogens is 446 g/mol. The van der Waals surface area contributed by atoms with Gasteiger partial charge < -0.3 is 14.6 Å². The molecule has 1 amide bonds. The van der Waals surface area contributed by atoms with Gasteiger partial charge in [0.05, 0.1) is 18.6 Å². The lowest BCUT2D eigenvalue weighted by atomic mass is 10.0. The van der Waals surface area contributed by atoms with E-state index in [-0.39, 0.29) is 16.1 Å². The molecule has 1 aromatic carbocycles. The van der Waals surface area contributed by atoms with E-state index < -0.39 is 12.0 Å². The van der Waals surface area contributed by atoms with Gasteiger partial charge in [-0.25, -0.2) is 4.79 Å². The van der Waals surface area contributed by atoms with Gasteiger partial charge in [0.1, 0.15) is 10.4 Å². The Morgan fingerprint density at radius 2 is 1.88 bits per heavy atom. The van der Waals surface area contributed by atoms with Crippen LogP contribution in [0.3, 0.4) is 0 Å². The van der Waals surface area contributed by atoms with Crippen LogP contribution >= 0.6 is 24.0 Å². The Bertz CT molecular complexity index is 853. The summed E-state index contributed by atoms with van der Waals surface area (Å²) in [5.41, 5.74) is 0.755. The molecule has 0 saturated carbocycles. The number of carboxylic acid groups (broad SMARTS) is 1. The second-order valence-electron chi connectivity index (χ2n) is 8.11. The molecule has 0 aliphatic carbocycles. The van der Waals surface area contributed by atoms with Crippen molar-refractivity contribution < 1.29 is 24.2 Å². The Hall–Kier alpha value is -2.06. The molecule has 1 fully saturated rings. The first kappa shape index (κ1) is 26.2. The fourth-order valence-corrected chi connectivity index (χ4v) is 4.85. The highest BCUT2D eigenvalue weighted by atomic mass is 32.2. The second kappa shape index (κ2) is 12.8. The van der Waals surface area contributed by atoms with Crippen molar-refractivity contribution in [2.24, 2.45) is 5.92 Å². The zero-order valence-corrected chi connectivity index (χ0v) is 20.9. The van der Waals surface area contributed by atoms with E-state index in [9.17, 15) is 14.7 Å². The van der Waals surface area contributed by atoms with Crippen LogP contribution in [0.15, 0.2) is 23.1 Å². The first-order chi connectivity index (χ1) is 15.3. The second-order valence-corrected chi connectivity index (χ2v) is 9.78. The molecule has 0 radical (unpaired) electrons. The smallest absolute Gasteiger partial charge is 0.327 e. The van der Waals surface area contributed by atoms with E-state index in [1.165, 1.54) is 30.6 Å². The Balaban J connectivity index is 2.07. The van der Waals surface area contributed by atoms with Crippen molar-refractivity contribution >= 4 is 46.3 Å². The molecule has 1 N–H and O–H groups in total. The summed E-state index contributed by atoms with van der Waals surface area (Å²) in [7, 11) is 1.58. The highest BCUT2D eigenvalue weighted by Crippen LogP contribution is 2.37. The third-order valence-corrected chi connectivity index (χ3v) is 6.56. The molecule has 1 aliphatic heterocycles. The van der Waals surface area contributed by atoms with Gasteiger partial charge in [0.2, 0.25) is 0 Å². The number of thioether (sulfide) groups is 1. The number of methoxy groups -OCH3 is 1. The van der Waals surface area contributed by atoms with Crippen LogP contribution < -0.4 is 9.47 Å². The maximum absolute atomic E-state index is 12.9. The lowest BCUT2D eigenvalue weighted by Gasteiger charge is -2.26. The normalized spacial score (nSPS) is 16.2. The van der Waals surface area contributed by atoms with Crippen LogP contribution in [-0.2, 0) is 9.59 Å². The number of amides is 1. The van der Waals surface area contributed by atoms with E-state index in [2.05, 4.69) is 6.92 Å². The number of hydrogen-bond acceptors (Lipinski definition) is 6. The Labute approximate surface area is 200 Å². The van der Waals surface area contributed by atoms with Crippen molar-refractivity contribution in [3.05, 3.63) is 28.7 Å². The molecule has 1 aromatic rings. The van der Waals surface area contributed by atoms with Gasteiger partial charge in [-0.2, -0.15) is 0 Å². The molecule has 0 bridgehead atoms. The van der Waals surface area contributed by atoms with E-state index in [4.69, 9.17) is 21.7 Å². The number of carbonyl (C=O) groups is 2. The summed E-state index contributed by atoms with van der Waals surface area (Å²) in [6.45, 7) is 6.36. The van der Waals surface area contributed by atoms with E-state index >= 15 is 0 Å². The number of thiocarbonyl (C=S) groups is 1. The van der Waals surface area contributed by atoms with Crippen molar-refractivity contribution in [1.29, 1.82) is 0 Å². The maximum Gasteiger partial charge on any atom is 0.327 e. The average molecular weight is 480 g/mol. The molecule has 1 heterocycles. The van der Waals surface area contributed by atoms with E-state index in [0.717, 1.165) is 30.2 Å². The monoisotopic (exact) mass is 479 g/mol. The predicted octanol–water partition coefficient (Wildman–Crippen LogP) is 5.74. The molecule has 6 nitrogen and oxygen atoms in total. The van der Waals surface area contributed by atoms with Gasteiger partial charge in [-0.1, -0.05) is 82.9 Å². The van der Waals surface area contributed by atoms with Gasteiger partial charge in [-0.15, -0.1) is 0 Å². The molecule has 1 aliphatic rings. The molecule has 2 rings (SSSR count). The van der Waals surface area contributed by atoms with Gasteiger partial charge >= 0.3 is 5.97 Å². The molecule has 176 valence electrons. The standard InChI is InChI=1S/C24H33NO5S2/c1-5-6-7-8-9-10-13-30-18-12-11-17(14-19(18)29-4)15-20-22(26)25(24(31)32-20)21(16(2)3)23(27)28/h11-12,14-16,21H,5-10,13H2,1-4H3,(H,27,28)/b20-15-/t21-/m1/s1. The van der Waals surface area contributed by atoms with E-state index in [1.807, 2.05) is 12.1 Å². The summed E-state index contributed by atoms with van der Waals surface area (Å²) in [5.74, 6) is -0.464. The zero-order chi connectivity index (χ0) is 23.7. The molecule has 1 saturated heterocycles. The molecule has 0 unspecified atom stereocenters. The van der Waals surface area contributed by atoms with Crippen molar-refractivity contribution in [3.8, 4) is 11.5 Å². The summed E-state index contributed by atoms with van der Waals surface area (Å²) >= 11 is 6.42. The number of carbonyl (C=O) groups excluding carboxylic acids is 1. The number of hydrogen-bond donors (Lipinski definition) is 1. The highest BCUT2D eigenvalue weighted by molar-refractivity contribution is 8.26. The Morgan fingerprint density at radius 1 is 1.19 bits per heavy atom. The Kier molecular flexibility index (Phi) is 10.5. The largest absolute Gasteiger partial charge is 0.493 e. The van der Waals surface area contributed by atoms with Crippen molar-refractivity contribution in [2.45, 2.75) is 65.3 Å². The summed E-state index contributed by atoms with van der Waals surface area (Å²) < 4.78 is 11.6. The summed E-state index contributed by atoms with van der Waals surface area (Å²) in [6.07, 6.45) is 8.87. The summed E-state index contributed by atoms with van der Waals surface area (Å²) in [6, 6.07) is 4.50. The lowest BCUT2D eigenvalue weighted by Crippen LogP contribution is -2.47. The third kappa shape index (κ3) is 6.97. The quantitative estimate of drug-likeness (QED) is 0.219. The SMILES string of the molecule is CCCCCCCCOc1ccc(/C=C2\SC(=S)N([C@@H](C(=O)O)C(C)C)C2=O)cc1OC. The number of nitrogens with zero attached hydrogens (tertiary/aromatic N) is 1. The fraction of sp³-hybridized carbons (Fsp3) is 0.542. The topological polar surface area (TPSA) is 76.1 Å². The summed E-state index contributed by atoms with van der Waals surface area (Å²) in [4.78, 5) is 26.2. The maximum atomic E-state index is 12.9. The van der Waals surface area contributed by atoms with Gasteiger partial charge in [0.15, 0.2) is 11.5 Å². The highest BCUT2D eigenvalue weighted by Gasteiger charge is 2.41. The molecule has 8 heteroatoms. The van der Waals surface area contributed by atoms with Crippen LogP contribution in [0.1, 0.15) is 64.9 Å². The van der Waals surface area contributed by atoms with E-state index in [0.29, 0.717) is 23.0 Å². The van der Waals surface area contributed by atoms with Crippen LogP contribution in [0.4, 0.5) is 0 Å². The minimum absolute atomic E-state index is 0.258. The van der Waals surface area contributed by atoms with Crippen LogP contribution in [0.5, 0.6) is 11.5 Å². The number of benzene rings is 1. The van der Waals surface area contributed by atoms with Crippen LogP contribution in [0, 0.1) is 5.92 Å². The van der Waals surface area contributed by atoms with Gasteiger partial charge in [-0.05, 0) is 36.1 Å². The van der Waals surface area contributed by atoms with Crippen molar-refractivity contribution in [2.75, 3.05) is 13.7 Å². The van der Waals surface area contributed by atoms with Crippen LogP contribution in [0.2, 0.25) is 0 Å². The number of aliphatic carboxylic acids is 1. The number of carboxylic acids is 1. The summed E-state index contributed by atoms with van der Waals surface area (Å²) in [5, 5.41) is 9.54. The fourth-order valence-electron chi connectivity index (χ4n) is 3.52. The number of ether oxygens (including phenoxy) is 2. The van der Waals surface area contributed by atoms with Crippen molar-refractivity contribution in [1.82, 2.24) is 4.90 Å². The molecule has 0 aromatic heterocycles. The first-order valence-electron chi connectivity index (χ1n) is 11.1. The number of unbranched alkanes of at least 4 members (excludes halogenated alkanes) is 5. The average Bonchev–Trinajstić information content (AvgIpc) is 3.01. The molecule has 1 atom stereocenters. The zero-order valence-electron chi connectivity index (χ0n) is 19.3.